The highest BCUT2D eigenvalue weighted by molar-refractivity contribution is 8.04. The van der Waals surface area contributed by atoms with Crippen LogP contribution in [0, 0.1) is 0 Å². The number of benzene rings is 3. The number of hydrogen-bond acceptors (Lipinski definition) is 6. The molecule has 0 saturated carbocycles. The van der Waals surface area contributed by atoms with E-state index in [1.807, 2.05) is 30.3 Å². The van der Waals surface area contributed by atoms with E-state index in [9.17, 15) is 16.8 Å². The fourth-order valence-corrected chi connectivity index (χ4v) is 7.20. The van der Waals surface area contributed by atoms with E-state index in [1.54, 1.807) is 24.3 Å². The molecule has 0 aromatic heterocycles. The van der Waals surface area contributed by atoms with Crippen LogP contribution >= 0.6 is 0 Å². The van der Waals surface area contributed by atoms with Crippen molar-refractivity contribution in [1.82, 2.24) is 3.71 Å². The molecule has 7 nitrogen and oxygen atoms in total. The van der Waals surface area contributed by atoms with Crippen molar-refractivity contribution >= 4 is 20.0 Å². The summed E-state index contributed by atoms with van der Waals surface area (Å²) in [7, 11) is -8.78. The Morgan fingerprint density at radius 1 is 0.622 bits per heavy atom. The molecule has 0 N–H and O–H groups in total. The Bertz CT molecular complexity index is 1220. The minimum absolute atomic E-state index is 0.119. The standard InChI is InChI=1S/C28H35NO6S2/c1-3-5-22-34-25-12-16-27(17-13-25)36(30,31)29(21-20-24-10-8-7-9-11-24)37(32,33)28-18-14-26(15-19-28)35-23-6-4-2/h7-19H,3-6,20-23H2,1-2H3. The van der Waals surface area contributed by atoms with Crippen molar-refractivity contribution in [2.24, 2.45) is 0 Å². The molecular formula is C28H35NO6S2. The van der Waals surface area contributed by atoms with E-state index in [2.05, 4.69) is 13.8 Å². The lowest BCUT2D eigenvalue weighted by Crippen LogP contribution is -2.38. The molecule has 0 heterocycles. The summed E-state index contributed by atoms with van der Waals surface area (Å²) >= 11 is 0. The summed E-state index contributed by atoms with van der Waals surface area (Å²) in [5.41, 5.74) is 0.831. The fraction of sp³-hybridized carbons (Fsp3) is 0.357. The molecule has 3 aromatic rings. The van der Waals surface area contributed by atoms with Gasteiger partial charge in [0.25, 0.3) is 20.0 Å². The highest BCUT2D eigenvalue weighted by Gasteiger charge is 2.36. The van der Waals surface area contributed by atoms with Crippen LogP contribution < -0.4 is 9.47 Å². The van der Waals surface area contributed by atoms with Crippen LogP contribution in [0.25, 0.3) is 0 Å². The smallest absolute Gasteiger partial charge is 0.256 e. The van der Waals surface area contributed by atoms with Gasteiger partial charge in [-0.15, -0.1) is 0 Å². The van der Waals surface area contributed by atoms with Gasteiger partial charge in [0.2, 0.25) is 0 Å². The van der Waals surface area contributed by atoms with Gasteiger partial charge in [-0.05, 0) is 73.4 Å². The summed E-state index contributed by atoms with van der Waals surface area (Å²) in [5.74, 6) is 1.06. The van der Waals surface area contributed by atoms with Gasteiger partial charge in [0.05, 0.1) is 23.0 Å². The molecule has 9 heteroatoms. The Hall–Kier alpha value is -2.88. The van der Waals surface area contributed by atoms with Gasteiger partial charge in [-0.1, -0.05) is 60.7 Å². The predicted molar refractivity (Wildman–Crippen MR) is 145 cm³/mol. The van der Waals surface area contributed by atoms with Crippen LogP contribution in [0.15, 0.2) is 88.7 Å². The molecule has 0 atom stereocenters. The number of sulfonamides is 2. The number of unbranched alkanes of at least 4 members (excludes halogenated alkanes) is 2. The third kappa shape index (κ3) is 7.80. The maximum absolute atomic E-state index is 13.7. The average Bonchev–Trinajstić information content (AvgIpc) is 2.90. The topological polar surface area (TPSA) is 90.0 Å². The molecule has 0 bridgehead atoms. The van der Waals surface area contributed by atoms with E-state index < -0.39 is 20.0 Å². The first-order valence-corrected chi connectivity index (χ1v) is 15.4. The van der Waals surface area contributed by atoms with Crippen molar-refractivity contribution in [2.45, 2.75) is 55.7 Å². The van der Waals surface area contributed by atoms with Crippen molar-refractivity contribution in [3.63, 3.8) is 0 Å². The Kier molecular flexibility index (Phi) is 10.5. The van der Waals surface area contributed by atoms with E-state index in [-0.39, 0.29) is 22.8 Å². The molecule has 37 heavy (non-hydrogen) atoms. The normalized spacial score (nSPS) is 12.0. The lowest BCUT2D eigenvalue weighted by molar-refractivity contribution is 0.309. The molecule has 0 amide bonds. The van der Waals surface area contributed by atoms with Gasteiger partial charge in [0.15, 0.2) is 0 Å². The number of ether oxygens (including phenoxy) is 2. The van der Waals surface area contributed by atoms with Gasteiger partial charge in [0.1, 0.15) is 11.5 Å². The summed E-state index contributed by atoms with van der Waals surface area (Å²) in [5, 5.41) is 0. The Labute approximate surface area is 221 Å². The van der Waals surface area contributed by atoms with Crippen molar-refractivity contribution in [3.05, 3.63) is 84.4 Å². The first kappa shape index (κ1) is 28.7. The second-order valence-electron chi connectivity index (χ2n) is 8.59. The Morgan fingerprint density at radius 3 is 1.46 bits per heavy atom. The molecule has 0 unspecified atom stereocenters. The van der Waals surface area contributed by atoms with Crippen molar-refractivity contribution in [3.8, 4) is 11.5 Å². The van der Waals surface area contributed by atoms with Gasteiger partial charge in [-0.2, -0.15) is 0 Å². The Balaban J connectivity index is 1.91. The van der Waals surface area contributed by atoms with Crippen LogP contribution in [-0.4, -0.2) is 40.3 Å². The fourth-order valence-electron chi connectivity index (χ4n) is 3.55. The van der Waals surface area contributed by atoms with Crippen LogP contribution in [0.1, 0.15) is 45.1 Å². The second kappa shape index (κ2) is 13.6. The monoisotopic (exact) mass is 545 g/mol. The molecule has 3 aromatic carbocycles. The summed E-state index contributed by atoms with van der Waals surface area (Å²) < 4.78 is 66.5. The maximum Gasteiger partial charge on any atom is 0.256 e. The summed E-state index contributed by atoms with van der Waals surface area (Å²) in [6.07, 6.45) is 3.96. The van der Waals surface area contributed by atoms with Crippen LogP contribution in [-0.2, 0) is 26.5 Å². The lowest BCUT2D eigenvalue weighted by Gasteiger charge is -2.22. The number of nitrogens with zero attached hydrogens (tertiary/aromatic N) is 1. The highest BCUT2D eigenvalue weighted by atomic mass is 32.3. The molecule has 3 rings (SSSR count). The minimum Gasteiger partial charge on any atom is -0.494 e. The molecule has 0 aliphatic carbocycles. The largest absolute Gasteiger partial charge is 0.494 e. The maximum atomic E-state index is 13.7. The molecule has 200 valence electrons. The SMILES string of the molecule is CCCCOc1ccc(S(=O)(=O)N(CCc2ccccc2)S(=O)(=O)c2ccc(OCCCC)cc2)cc1. The molecule has 0 saturated heterocycles. The summed E-state index contributed by atoms with van der Waals surface area (Å²) in [4.78, 5) is -0.238. The van der Waals surface area contributed by atoms with Gasteiger partial charge < -0.3 is 9.47 Å². The van der Waals surface area contributed by atoms with Gasteiger partial charge in [-0.3, -0.25) is 0 Å². The van der Waals surface area contributed by atoms with Crippen molar-refractivity contribution < 1.29 is 26.3 Å². The highest BCUT2D eigenvalue weighted by Crippen LogP contribution is 2.27. The van der Waals surface area contributed by atoms with Crippen LogP contribution in [0.3, 0.4) is 0 Å². The quantitative estimate of drug-likeness (QED) is 0.229. The zero-order chi connectivity index (χ0) is 26.7. The average molecular weight is 546 g/mol. The molecular weight excluding hydrogens is 510 g/mol. The summed E-state index contributed by atoms with van der Waals surface area (Å²) in [6, 6.07) is 20.9. The second-order valence-corrected chi connectivity index (χ2v) is 12.5. The molecule has 0 aliphatic rings. The first-order valence-electron chi connectivity index (χ1n) is 12.6. The minimum atomic E-state index is -4.39. The van der Waals surface area contributed by atoms with Crippen LogP contribution in [0.5, 0.6) is 11.5 Å². The first-order chi connectivity index (χ1) is 17.8. The van der Waals surface area contributed by atoms with Crippen molar-refractivity contribution in [1.29, 1.82) is 0 Å². The number of rotatable bonds is 15. The summed E-state index contributed by atoms with van der Waals surface area (Å²) in [6.45, 7) is 4.92. The van der Waals surface area contributed by atoms with Gasteiger partial charge in [-0.25, -0.2) is 16.8 Å². The van der Waals surface area contributed by atoms with E-state index in [0.29, 0.717) is 28.4 Å². The third-order valence-corrected chi connectivity index (χ3v) is 10.1. The predicted octanol–water partition coefficient (Wildman–Crippen LogP) is 5.67. The van der Waals surface area contributed by atoms with E-state index in [0.717, 1.165) is 31.2 Å². The van der Waals surface area contributed by atoms with Gasteiger partial charge in [0, 0.05) is 6.54 Å². The van der Waals surface area contributed by atoms with Crippen LogP contribution in [0.4, 0.5) is 0 Å². The van der Waals surface area contributed by atoms with Gasteiger partial charge >= 0.3 is 0 Å². The zero-order valence-electron chi connectivity index (χ0n) is 21.4. The van der Waals surface area contributed by atoms with Crippen LogP contribution in [0.2, 0.25) is 0 Å². The molecule has 0 fully saturated rings. The third-order valence-electron chi connectivity index (χ3n) is 5.74. The lowest BCUT2D eigenvalue weighted by atomic mass is 10.2. The van der Waals surface area contributed by atoms with E-state index in [4.69, 9.17) is 9.47 Å². The number of hydrogen-bond donors (Lipinski definition) is 0. The van der Waals surface area contributed by atoms with Crippen molar-refractivity contribution in [2.75, 3.05) is 19.8 Å². The molecule has 0 aliphatic heterocycles. The molecule has 0 spiro atoms. The zero-order valence-corrected chi connectivity index (χ0v) is 23.0. The molecule has 0 radical (unpaired) electrons. The van der Waals surface area contributed by atoms with E-state index >= 15 is 0 Å². The van der Waals surface area contributed by atoms with E-state index in [1.165, 1.54) is 24.3 Å². The Morgan fingerprint density at radius 2 is 1.05 bits per heavy atom.